The molecule has 2 aliphatic heterocycles. The van der Waals surface area contributed by atoms with E-state index in [2.05, 4.69) is 31.5 Å². The molecule has 1 spiro atoms. The third-order valence-electron chi connectivity index (χ3n) is 12.1. The molecular weight excluding hydrogens is 677 g/mol. The molecule has 9 rings (SSSR count). The molecule has 0 radical (unpaired) electrons. The van der Waals surface area contributed by atoms with Crippen LogP contribution in [-0.4, -0.2) is 88.4 Å². The highest BCUT2D eigenvalue weighted by molar-refractivity contribution is 7.92. The van der Waals surface area contributed by atoms with Crippen LogP contribution in [0, 0.1) is 19.3 Å². The molecule has 3 aliphatic carbocycles. The number of nitrogens with one attached hydrogen (secondary N) is 1. The molecule has 0 unspecified atom stereocenters. The molecule has 2 aromatic carbocycles. The molecule has 4 aromatic rings. The van der Waals surface area contributed by atoms with E-state index in [9.17, 15) is 13.2 Å². The van der Waals surface area contributed by atoms with Gasteiger partial charge < -0.3 is 14.5 Å². The van der Waals surface area contributed by atoms with Crippen molar-refractivity contribution in [2.45, 2.75) is 94.5 Å². The number of carbonyl (C=O) groups is 1. The molecule has 52 heavy (non-hydrogen) atoms. The average Bonchev–Trinajstić information content (AvgIpc) is 3.79. The van der Waals surface area contributed by atoms with Crippen LogP contribution in [0.5, 0.6) is 5.88 Å². The Kier molecular flexibility index (Phi) is 7.99. The monoisotopic (exact) mass is 720 g/mol. The Bertz CT molecular complexity index is 2140. The highest BCUT2D eigenvalue weighted by Gasteiger charge is 2.56. The number of nitrogens with zero attached hydrogens (tertiary/aromatic N) is 7. The molecule has 4 heterocycles. The van der Waals surface area contributed by atoms with E-state index in [4.69, 9.17) is 14.7 Å². The van der Waals surface area contributed by atoms with E-state index in [0.717, 1.165) is 35.3 Å². The van der Waals surface area contributed by atoms with Crippen molar-refractivity contribution >= 4 is 27.7 Å². The number of likely N-dealkylation sites (tertiary alicyclic amines) is 1. The van der Waals surface area contributed by atoms with E-state index < -0.39 is 16.1 Å². The van der Waals surface area contributed by atoms with Gasteiger partial charge in [0.1, 0.15) is 11.9 Å². The SMILES string of the molecule is Cc1cccc(C)c1-c1cc2nc(n1)NS(=O)(=O)c1cccc(c1)C(=O)N(Cc1cncc(N(C)C3CCC3)n1)[C@@H]1CN(C3CC4(CC4)C3)C[C@H]1O2. The minimum Gasteiger partial charge on any atom is -0.471 e. The van der Waals surface area contributed by atoms with Crippen LogP contribution in [0.1, 0.15) is 72.1 Å². The van der Waals surface area contributed by atoms with E-state index in [1.54, 1.807) is 30.6 Å². The number of fused-ring (bicyclic) bond motifs is 5. The number of hydrogen-bond donors (Lipinski definition) is 1. The van der Waals surface area contributed by atoms with E-state index in [-0.39, 0.29) is 40.8 Å². The fraction of sp³-hybridized carbons (Fsp3) is 0.462. The van der Waals surface area contributed by atoms with Gasteiger partial charge in [-0.2, -0.15) is 4.98 Å². The van der Waals surface area contributed by atoms with Gasteiger partial charge in [0.2, 0.25) is 11.8 Å². The van der Waals surface area contributed by atoms with Crippen LogP contribution in [0.3, 0.4) is 0 Å². The molecule has 1 amide bonds. The van der Waals surface area contributed by atoms with Gasteiger partial charge in [-0.25, -0.2) is 23.1 Å². The van der Waals surface area contributed by atoms with Gasteiger partial charge in [0.15, 0.2) is 0 Å². The number of sulfonamides is 1. The Labute approximate surface area is 304 Å². The van der Waals surface area contributed by atoms with Crippen LogP contribution >= 0.6 is 0 Å². The number of aromatic nitrogens is 4. The van der Waals surface area contributed by atoms with Crippen molar-refractivity contribution in [3.8, 4) is 17.1 Å². The second-order valence-electron chi connectivity index (χ2n) is 15.6. The van der Waals surface area contributed by atoms with Crippen molar-refractivity contribution < 1.29 is 17.9 Å². The summed E-state index contributed by atoms with van der Waals surface area (Å²) in [6.45, 7) is 5.41. The smallest absolute Gasteiger partial charge is 0.264 e. The lowest BCUT2D eigenvalue weighted by Gasteiger charge is -2.42. The first-order valence-electron chi connectivity index (χ1n) is 18.4. The number of anilines is 2. The summed E-state index contributed by atoms with van der Waals surface area (Å²) in [6, 6.07) is 14.4. The molecule has 1 saturated heterocycles. The second kappa shape index (κ2) is 12.5. The van der Waals surface area contributed by atoms with Crippen molar-refractivity contribution in [3.63, 3.8) is 0 Å². The highest BCUT2D eigenvalue weighted by Crippen LogP contribution is 2.62. The molecule has 5 aliphatic rings. The molecule has 1 N–H and O–H groups in total. The Morgan fingerprint density at radius 2 is 1.75 bits per heavy atom. The second-order valence-corrected chi connectivity index (χ2v) is 17.2. The molecule has 4 bridgehead atoms. The normalized spacial score (nSPS) is 23.6. The van der Waals surface area contributed by atoms with Crippen molar-refractivity contribution in [1.82, 2.24) is 29.7 Å². The summed E-state index contributed by atoms with van der Waals surface area (Å²) in [5.41, 5.74) is 4.86. The first kappa shape index (κ1) is 33.2. The van der Waals surface area contributed by atoms with Crippen molar-refractivity contribution in [2.24, 2.45) is 5.41 Å². The van der Waals surface area contributed by atoms with Gasteiger partial charge in [0, 0.05) is 49.4 Å². The van der Waals surface area contributed by atoms with Crippen LogP contribution < -0.4 is 14.4 Å². The predicted molar refractivity (Wildman–Crippen MR) is 197 cm³/mol. The van der Waals surface area contributed by atoms with Crippen molar-refractivity contribution in [2.75, 3.05) is 29.8 Å². The van der Waals surface area contributed by atoms with Gasteiger partial charge in [-0.05, 0) is 93.5 Å². The minimum atomic E-state index is -4.18. The van der Waals surface area contributed by atoms with Crippen molar-refractivity contribution in [1.29, 1.82) is 0 Å². The largest absolute Gasteiger partial charge is 0.471 e. The average molecular weight is 721 g/mol. The maximum atomic E-state index is 14.8. The number of carbonyl (C=O) groups excluding carboxylic acids is 1. The van der Waals surface area contributed by atoms with Crippen molar-refractivity contribution in [3.05, 3.63) is 83.3 Å². The number of amides is 1. The quantitative estimate of drug-likeness (QED) is 0.277. The summed E-state index contributed by atoms with van der Waals surface area (Å²) < 4.78 is 37.1. The van der Waals surface area contributed by atoms with E-state index in [1.807, 2.05) is 36.9 Å². The third-order valence-corrected chi connectivity index (χ3v) is 13.4. The van der Waals surface area contributed by atoms with Gasteiger partial charge in [-0.1, -0.05) is 24.3 Å². The summed E-state index contributed by atoms with van der Waals surface area (Å²) in [5.74, 6) is 0.637. The molecule has 2 atom stereocenters. The summed E-state index contributed by atoms with van der Waals surface area (Å²) in [6.07, 6.45) is 11.4. The lowest BCUT2D eigenvalue weighted by Crippen LogP contribution is -2.49. The standard InChI is InChI=1S/C39H44N8O4S/c1-24-7-4-8-25(2)36(24)31-16-35-43-38(42-31)44-52(49,50)30-12-5-9-26(15-30)37(48)47(21-27-19-40-20-34(41-27)45(3)28-10-6-11-28)32-22-46(23-33(32)51-35)29-17-39(18-29)13-14-39/h4-5,7-9,12,15-16,19-20,28-29,32-33H,6,10-11,13-14,17-18,21-23H2,1-3H3,(H,42,43,44)/t32-,33-/m1/s1. The summed E-state index contributed by atoms with van der Waals surface area (Å²) in [4.78, 5) is 40.1. The summed E-state index contributed by atoms with van der Waals surface area (Å²) >= 11 is 0. The lowest BCUT2D eigenvalue weighted by molar-refractivity contribution is 0.0510. The summed E-state index contributed by atoms with van der Waals surface area (Å²) in [7, 11) is -2.12. The zero-order chi connectivity index (χ0) is 35.8. The molecule has 270 valence electrons. The van der Waals surface area contributed by atoms with Gasteiger partial charge in [0.25, 0.3) is 15.9 Å². The number of hydrogen-bond acceptors (Lipinski definition) is 10. The van der Waals surface area contributed by atoms with Crippen LogP contribution in [0.25, 0.3) is 11.3 Å². The fourth-order valence-corrected chi connectivity index (χ4v) is 9.56. The van der Waals surface area contributed by atoms with Crippen LogP contribution in [0.4, 0.5) is 11.8 Å². The number of aryl methyl sites for hydroxylation is 2. The fourth-order valence-electron chi connectivity index (χ4n) is 8.57. The van der Waals surface area contributed by atoms with Gasteiger partial charge >= 0.3 is 0 Å². The van der Waals surface area contributed by atoms with E-state index in [1.165, 1.54) is 44.2 Å². The molecular formula is C39H44N8O4S. The zero-order valence-corrected chi connectivity index (χ0v) is 30.6. The minimum absolute atomic E-state index is 0.0567. The predicted octanol–water partition coefficient (Wildman–Crippen LogP) is 5.37. The molecule has 2 aromatic heterocycles. The first-order valence-corrected chi connectivity index (χ1v) is 19.9. The summed E-state index contributed by atoms with van der Waals surface area (Å²) in [5, 5.41) is 0. The Balaban J connectivity index is 1.15. The lowest BCUT2D eigenvalue weighted by atomic mass is 9.76. The third kappa shape index (κ3) is 6.07. The number of benzene rings is 2. The highest BCUT2D eigenvalue weighted by atomic mass is 32.2. The van der Waals surface area contributed by atoms with Crippen LogP contribution in [0.15, 0.2) is 65.8 Å². The number of rotatable bonds is 6. The van der Waals surface area contributed by atoms with Gasteiger partial charge in [-0.3, -0.25) is 14.7 Å². The molecule has 4 fully saturated rings. The molecule has 13 heteroatoms. The van der Waals surface area contributed by atoms with E-state index >= 15 is 0 Å². The maximum Gasteiger partial charge on any atom is 0.264 e. The molecule has 3 saturated carbocycles. The Morgan fingerprint density at radius 3 is 2.48 bits per heavy atom. The zero-order valence-electron chi connectivity index (χ0n) is 29.8. The maximum absolute atomic E-state index is 14.8. The van der Waals surface area contributed by atoms with Crippen LogP contribution in [-0.2, 0) is 16.6 Å². The van der Waals surface area contributed by atoms with Gasteiger partial charge in [-0.15, -0.1) is 0 Å². The molecule has 12 nitrogen and oxygen atoms in total. The van der Waals surface area contributed by atoms with Crippen LogP contribution in [0.2, 0.25) is 0 Å². The van der Waals surface area contributed by atoms with E-state index in [0.29, 0.717) is 42.0 Å². The Morgan fingerprint density at radius 1 is 0.981 bits per heavy atom. The topological polar surface area (TPSA) is 134 Å². The van der Waals surface area contributed by atoms with Gasteiger partial charge in [0.05, 0.1) is 41.3 Å². The Hall–Kier alpha value is -4.62. The number of ether oxygens (including phenoxy) is 1. The first-order chi connectivity index (χ1) is 25.0.